The highest BCUT2D eigenvalue weighted by Crippen LogP contribution is 2.17. The van der Waals surface area contributed by atoms with Crippen molar-refractivity contribution < 1.29 is 24.0 Å². The zero-order valence-electron chi connectivity index (χ0n) is 15.1. The first-order chi connectivity index (χ1) is 12.9. The highest BCUT2D eigenvalue weighted by Gasteiger charge is 2.23. The Morgan fingerprint density at radius 3 is 2.44 bits per heavy atom. The van der Waals surface area contributed by atoms with E-state index in [0.29, 0.717) is 0 Å². The van der Waals surface area contributed by atoms with Crippen LogP contribution in [0.5, 0.6) is 0 Å². The second-order valence-electron chi connectivity index (χ2n) is 6.43. The van der Waals surface area contributed by atoms with Gasteiger partial charge >= 0.3 is 5.97 Å². The number of non-ortho nitro benzene ring substituents is 1. The highest BCUT2D eigenvalue weighted by atomic mass is 16.6. The van der Waals surface area contributed by atoms with E-state index >= 15 is 0 Å². The minimum atomic E-state index is -0.886. The Morgan fingerprint density at radius 2 is 1.85 bits per heavy atom. The van der Waals surface area contributed by atoms with E-state index in [9.17, 15) is 24.5 Å². The fraction of sp³-hybridized carbons (Fsp3) is 0.500. The van der Waals surface area contributed by atoms with Gasteiger partial charge in [0.15, 0.2) is 6.10 Å². The summed E-state index contributed by atoms with van der Waals surface area (Å²) in [5.74, 6) is -1.36. The molecule has 9 nitrogen and oxygen atoms in total. The maximum absolute atomic E-state index is 12.0. The lowest BCUT2D eigenvalue weighted by Gasteiger charge is -2.17. The van der Waals surface area contributed by atoms with E-state index in [4.69, 9.17) is 4.74 Å². The number of esters is 1. The van der Waals surface area contributed by atoms with Gasteiger partial charge in [0.1, 0.15) is 0 Å². The standard InChI is InChI=1S/C18H23N3O6/c1-12(17(23)20-14-4-2-3-5-14)27-16(22)10-11-19-18(24)13-6-8-15(9-7-13)21(25)26/h6-9,12,14H,2-5,10-11H2,1H3,(H,19,24)(H,20,23)/t12-/m0/s1. The third-order valence-corrected chi connectivity index (χ3v) is 4.33. The molecule has 0 bridgehead atoms. The van der Waals surface area contributed by atoms with Gasteiger partial charge in [0.2, 0.25) is 0 Å². The van der Waals surface area contributed by atoms with Crippen LogP contribution in [-0.4, -0.2) is 41.4 Å². The topological polar surface area (TPSA) is 128 Å². The van der Waals surface area contributed by atoms with Crippen LogP contribution in [0.15, 0.2) is 24.3 Å². The molecule has 0 aromatic heterocycles. The summed E-state index contributed by atoms with van der Waals surface area (Å²) in [6.45, 7) is 1.54. The fourth-order valence-corrected chi connectivity index (χ4v) is 2.81. The summed E-state index contributed by atoms with van der Waals surface area (Å²) in [6.07, 6.45) is 3.10. The number of ether oxygens (including phenoxy) is 1. The minimum Gasteiger partial charge on any atom is -0.452 e. The quantitative estimate of drug-likeness (QED) is 0.403. The molecule has 2 amide bonds. The summed E-state index contributed by atoms with van der Waals surface area (Å²) in [7, 11) is 0. The van der Waals surface area contributed by atoms with Crippen molar-refractivity contribution in [3.63, 3.8) is 0 Å². The van der Waals surface area contributed by atoms with Gasteiger partial charge in [-0.15, -0.1) is 0 Å². The van der Waals surface area contributed by atoms with E-state index in [1.165, 1.54) is 31.2 Å². The van der Waals surface area contributed by atoms with E-state index < -0.39 is 22.9 Å². The molecule has 1 aromatic carbocycles. The first kappa shape index (κ1) is 20.3. The van der Waals surface area contributed by atoms with Crippen LogP contribution in [0.4, 0.5) is 5.69 Å². The van der Waals surface area contributed by atoms with Gasteiger partial charge in [-0.05, 0) is 31.9 Å². The molecule has 1 saturated carbocycles. The van der Waals surface area contributed by atoms with Gasteiger partial charge in [0.05, 0.1) is 11.3 Å². The van der Waals surface area contributed by atoms with Crippen molar-refractivity contribution in [2.75, 3.05) is 6.54 Å². The van der Waals surface area contributed by atoms with E-state index in [2.05, 4.69) is 10.6 Å². The molecule has 1 aliphatic rings. The van der Waals surface area contributed by atoms with E-state index in [0.717, 1.165) is 25.7 Å². The zero-order chi connectivity index (χ0) is 19.8. The molecule has 1 aliphatic carbocycles. The zero-order valence-corrected chi connectivity index (χ0v) is 15.1. The van der Waals surface area contributed by atoms with Crippen molar-refractivity contribution in [3.05, 3.63) is 39.9 Å². The molecule has 1 atom stereocenters. The molecule has 9 heteroatoms. The Morgan fingerprint density at radius 1 is 1.22 bits per heavy atom. The van der Waals surface area contributed by atoms with E-state index in [1.54, 1.807) is 0 Å². The van der Waals surface area contributed by atoms with Gasteiger partial charge in [-0.2, -0.15) is 0 Å². The number of carbonyl (C=O) groups excluding carboxylic acids is 3. The largest absolute Gasteiger partial charge is 0.452 e. The lowest BCUT2D eigenvalue weighted by molar-refractivity contribution is -0.384. The molecule has 0 spiro atoms. The monoisotopic (exact) mass is 377 g/mol. The number of amides is 2. The van der Waals surface area contributed by atoms with Crippen molar-refractivity contribution in [2.24, 2.45) is 0 Å². The average molecular weight is 377 g/mol. The van der Waals surface area contributed by atoms with Crippen molar-refractivity contribution in [3.8, 4) is 0 Å². The normalized spacial score (nSPS) is 15.0. The molecule has 1 aromatic rings. The lowest BCUT2D eigenvalue weighted by Crippen LogP contribution is -2.41. The van der Waals surface area contributed by atoms with Crippen LogP contribution in [0.1, 0.15) is 49.4 Å². The molecular weight excluding hydrogens is 354 g/mol. The Balaban J connectivity index is 1.69. The second-order valence-corrected chi connectivity index (χ2v) is 6.43. The van der Waals surface area contributed by atoms with Gasteiger partial charge in [-0.25, -0.2) is 0 Å². The number of hydrogen-bond donors (Lipinski definition) is 2. The highest BCUT2D eigenvalue weighted by molar-refractivity contribution is 5.94. The number of carbonyl (C=O) groups is 3. The van der Waals surface area contributed by atoms with Crippen LogP contribution >= 0.6 is 0 Å². The Labute approximate surface area is 156 Å². The third kappa shape index (κ3) is 6.36. The van der Waals surface area contributed by atoms with Crippen molar-refractivity contribution >= 4 is 23.5 Å². The number of benzene rings is 1. The predicted molar refractivity (Wildman–Crippen MR) is 96.0 cm³/mol. The van der Waals surface area contributed by atoms with Gasteiger partial charge in [-0.1, -0.05) is 12.8 Å². The van der Waals surface area contributed by atoms with Crippen molar-refractivity contribution in [1.82, 2.24) is 10.6 Å². The molecule has 0 saturated heterocycles. The maximum Gasteiger partial charge on any atom is 0.308 e. The molecule has 146 valence electrons. The minimum absolute atomic E-state index is 0.0334. The summed E-state index contributed by atoms with van der Waals surface area (Å²) in [4.78, 5) is 45.7. The SMILES string of the molecule is C[C@H](OC(=O)CCNC(=O)c1ccc([N+](=O)[O-])cc1)C(=O)NC1CCCC1. The van der Waals surface area contributed by atoms with Crippen LogP contribution in [0.25, 0.3) is 0 Å². The fourth-order valence-electron chi connectivity index (χ4n) is 2.81. The summed E-state index contributed by atoms with van der Waals surface area (Å²) in [6, 6.07) is 5.28. The summed E-state index contributed by atoms with van der Waals surface area (Å²) in [5, 5.41) is 16.0. The molecule has 2 rings (SSSR count). The lowest BCUT2D eigenvalue weighted by atomic mass is 10.2. The number of hydrogen-bond acceptors (Lipinski definition) is 6. The smallest absolute Gasteiger partial charge is 0.308 e. The Hall–Kier alpha value is -2.97. The Kier molecular flexibility index (Phi) is 7.27. The van der Waals surface area contributed by atoms with Crippen LogP contribution in [0.3, 0.4) is 0 Å². The van der Waals surface area contributed by atoms with Gasteiger partial charge in [0, 0.05) is 30.3 Å². The second kappa shape index (κ2) is 9.65. The number of nitrogens with zero attached hydrogens (tertiary/aromatic N) is 1. The number of nitro groups is 1. The first-order valence-electron chi connectivity index (χ1n) is 8.89. The molecule has 0 aliphatic heterocycles. The number of nitro benzene ring substituents is 1. The summed E-state index contributed by atoms with van der Waals surface area (Å²) < 4.78 is 5.07. The average Bonchev–Trinajstić information content (AvgIpc) is 3.14. The summed E-state index contributed by atoms with van der Waals surface area (Å²) >= 11 is 0. The molecule has 0 unspecified atom stereocenters. The predicted octanol–water partition coefficient (Wildman–Crippen LogP) is 1.71. The Bertz CT molecular complexity index is 698. The van der Waals surface area contributed by atoms with Gasteiger partial charge in [-0.3, -0.25) is 24.5 Å². The third-order valence-electron chi connectivity index (χ3n) is 4.33. The maximum atomic E-state index is 12.0. The van der Waals surface area contributed by atoms with Gasteiger partial charge < -0.3 is 15.4 Å². The number of rotatable bonds is 8. The van der Waals surface area contributed by atoms with Crippen LogP contribution in [0, 0.1) is 10.1 Å². The van der Waals surface area contributed by atoms with Crippen molar-refractivity contribution in [1.29, 1.82) is 0 Å². The molecule has 27 heavy (non-hydrogen) atoms. The van der Waals surface area contributed by atoms with E-state index in [-0.39, 0.29) is 36.2 Å². The first-order valence-corrected chi connectivity index (χ1v) is 8.89. The van der Waals surface area contributed by atoms with Crippen LogP contribution < -0.4 is 10.6 Å². The van der Waals surface area contributed by atoms with Crippen LogP contribution in [0.2, 0.25) is 0 Å². The van der Waals surface area contributed by atoms with Crippen LogP contribution in [-0.2, 0) is 14.3 Å². The van der Waals surface area contributed by atoms with Gasteiger partial charge in [0.25, 0.3) is 17.5 Å². The molecule has 0 heterocycles. The van der Waals surface area contributed by atoms with E-state index in [1.807, 2.05) is 0 Å². The molecule has 0 radical (unpaired) electrons. The van der Waals surface area contributed by atoms with Crippen molar-refractivity contribution in [2.45, 2.75) is 51.2 Å². The number of nitrogens with one attached hydrogen (secondary N) is 2. The molecular formula is C18H23N3O6. The summed E-state index contributed by atoms with van der Waals surface area (Å²) in [5.41, 5.74) is 0.137. The molecule has 1 fully saturated rings. The molecule has 2 N–H and O–H groups in total.